The van der Waals surface area contributed by atoms with Crippen molar-refractivity contribution in [1.29, 1.82) is 0 Å². The van der Waals surface area contributed by atoms with Crippen LogP contribution in [0.1, 0.15) is 28.8 Å². The molecule has 1 saturated heterocycles. The Bertz CT molecular complexity index is 1180. The summed E-state index contributed by atoms with van der Waals surface area (Å²) in [6.45, 7) is 0.240. The zero-order valence-corrected chi connectivity index (χ0v) is 17.3. The molecule has 0 spiro atoms. The smallest absolute Gasteiger partial charge is 0.255 e. The van der Waals surface area contributed by atoms with Crippen molar-refractivity contribution in [2.24, 2.45) is 0 Å². The molecular formula is C20H20N4O5S. The van der Waals surface area contributed by atoms with Crippen molar-refractivity contribution in [3.63, 3.8) is 0 Å². The lowest BCUT2D eigenvalue weighted by Crippen LogP contribution is -2.52. The lowest BCUT2D eigenvalue weighted by Gasteiger charge is -2.29. The number of hydrogen-bond acceptors (Lipinski definition) is 6. The molecule has 0 bridgehead atoms. The first-order valence-electron chi connectivity index (χ1n) is 9.35. The minimum absolute atomic E-state index is 0.124. The number of nitrogens with zero attached hydrogens (tertiary/aromatic N) is 3. The zero-order chi connectivity index (χ0) is 21.6. The van der Waals surface area contributed by atoms with E-state index in [1.165, 1.54) is 37.3 Å². The number of carbonyl (C=O) groups excluding carboxylic acids is 3. The third-order valence-electron chi connectivity index (χ3n) is 5.33. The van der Waals surface area contributed by atoms with Gasteiger partial charge < -0.3 is 4.90 Å². The molecule has 1 unspecified atom stereocenters. The summed E-state index contributed by atoms with van der Waals surface area (Å²) in [5.74, 6) is -1.06. The molecule has 0 radical (unpaired) electrons. The van der Waals surface area contributed by atoms with Crippen LogP contribution in [0.3, 0.4) is 0 Å². The number of aromatic nitrogens is 1. The number of benzene rings is 1. The fourth-order valence-corrected chi connectivity index (χ4v) is 4.59. The number of amides is 3. The number of pyridine rings is 1. The second kappa shape index (κ2) is 7.29. The Morgan fingerprint density at radius 1 is 1.13 bits per heavy atom. The van der Waals surface area contributed by atoms with Gasteiger partial charge in [-0.3, -0.25) is 24.7 Å². The topological polar surface area (TPSA) is 117 Å². The van der Waals surface area contributed by atoms with Gasteiger partial charge in [0.1, 0.15) is 6.04 Å². The summed E-state index contributed by atoms with van der Waals surface area (Å²) in [7, 11) is -0.686. The molecule has 1 atom stereocenters. The molecule has 3 heterocycles. The van der Waals surface area contributed by atoms with Gasteiger partial charge >= 0.3 is 0 Å². The number of hydrogen-bond donors (Lipinski definition) is 1. The standard InChI is InChI=1S/C20H20N4O5S/c1-23(2)30(28,29)14-7-8-21-16(10-14)12-3-4-15-13(9-12)11-24(20(15)27)17-5-6-18(25)22-19(17)26/h3-4,7-10,17H,5-6,11H2,1-2H3,(H,22,25,26). The van der Waals surface area contributed by atoms with Crippen LogP contribution in [0.5, 0.6) is 0 Å². The SMILES string of the molecule is CN(C)S(=O)(=O)c1ccnc(-c2ccc3c(c2)CN(C2CCC(=O)NC2=O)C3=O)c1. The van der Waals surface area contributed by atoms with Gasteiger partial charge in [-0.2, -0.15) is 0 Å². The minimum atomic E-state index is -3.60. The number of imide groups is 1. The van der Waals surface area contributed by atoms with E-state index in [4.69, 9.17) is 0 Å². The molecule has 30 heavy (non-hydrogen) atoms. The molecule has 4 rings (SSSR count). The van der Waals surface area contributed by atoms with Crippen LogP contribution in [-0.4, -0.2) is 60.5 Å². The second-order valence-corrected chi connectivity index (χ2v) is 9.59. The van der Waals surface area contributed by atoms with Gasteiger partial charge in [0, 0.05) is 44.4 Å². The van der Waals surface area contributed by atoms with E-state index >= 15 is 0 Å². The van der Waals surface area contributed by atoms with E-state index in [0.717, 1.165) is 9.87 Å². The predicted molar refractivity (Wildman–Crippen MR) is 107 cm³/mol. The summed E-state index contributed by atoms with van der Waals surface area (Å²) in [5, 5.41) is 2.28. The Kier molecular flexibility index (Phi) is 4.91. The molecule has 1 fully saturated rings. The summed E-state index contributed by atoms with van der Waals surface area (Å²) >= 11 is 0. The van der Waals surface area contributed by atoms with Gasteiger partial charge in [-0.05, 0) is 36.2 Å². The molecule has 0 saturated carbocycles. The molecule has 9 nitrogen and oxygen atoms in total. The highest BCUT2D eigenvalue weighted by atomic mass is 32.2. The van der Waals surface area contributed by atoms with Crippen molar-refractivity contribution in [3.05, 3.63) is 47.7 Å². The third kappa shape index (κ3) is 3.37. The Labute approximate surface area is 173 Å². The first-order valence-corrected chi connectivity index (χ1v) is 10.8. The van der Waals surface area contributed by atoms with Crippen molar-refractivity contribution in [1.82, 2.24) is 19.5 Å². The summed E-state index contributed by atoms with van der Waals surface area (Å²) in [4.78, 5) is 42.2. The van der Waals surface area contributed by atoms with Gasteiger partial charge in [0.05, 0.1) is 10.6 Å². The maximum Gasteiger partial charge on any atom is 0.255 e. The average molecular weight is 428 g/mol. The lowest BCUT2D eigenvalue weighted by atomic mass is 10.0. The van der Waals surface area contributed by atoms with E-state index in [0.29, 0.717) is 23.2 Å². The van der Waals surface area contributed by atoms with Crippen LogP contribution in [0.25, 0.3) is 11.3 Å². The van der Waals surface area contributed by atoms with Crippen LogP contribution in [-0.2, 0) is 26.2 Å². The Hall–Kier alpha value is -3.11. The number of sulfonamides is 1. The van der Waals surface area contributed by atoms with Gasteiger partial charge in [0.15, 0.2) is 0 Å². The highest BCUT2D eigenvalue weighted by Gasteiger charge is 2.39. The molecule has 0 aliphatic carbocycles. The predicted octanol–water partition coefficient (Wildman–Crippen LogP) is 0.760. The van der Waals surface area contributed by atoms with Gasteiger partial charge in [-0.15, -0.1) is 0 Å². The third-order valence-corrected chi connectivity index (χ3v) is 7.14. The van der Waals surface area contributed by atoms with Crippen LogP contribution >= 0.6 is 0 Å². The van der Waals surface area contributed by atoms with E-state index in [1.807, 2.05) is 0 Å². The van der Waals surface area contributed by atoms with Gasteiger partial charge in [0.25, 0.3) is 5.91 Å². The molecule has 1 aromatic heterocycles. The number of piperidine rings is 1. The monoisotopic (exact) mass is 428 g/mol. The van der Waals surface area contributed by atoms with Crippen molar-refractivity contribution < 1.29 is 22.8 Å². The summed E-state index contributed by atoms with van der Waals surface area (Å²) in [5.41, 5.74) is 2.35. The zero-order valence-electron chi connectivity index (χ0n) is 16.5. The molecular weight excluding hydrogens is 408 g/mol. The molecule has 2 aliphatic heterocycles. The Morgan fingerprint density at radius 3 is 2.60 bits per heavy atom. The first-order chi connectivity index (χ1) is 14.2. The quantitative estimate of drug-likeness (QED) is 0.719. The van der Waals surface area contributed by atoms with Crippen molar-refractivity contribution in [3.8, 4) is 11.3 Å². The van der Waals surface area contributed by atoms with Crippen molar-refractivity contribution in [2.45, 2.75) is 30.3 Å². The molecule has 156 valence electrons. The number of nitrogens with one attached hydrogen (secondary N) is 1. The van der Waals surface area contributed by atoms with Crippen LogP contribution in [0, 0.1) is 0 Å². The van der Waals surface area contributed by atoms with E-state index in [9.17, 15) is 22.8 Å². The largest absolute Gasteiger partial charge is 0.322 e. The second-order valence-electron chi connectivity index (χ2n) is 7.44. The van der Waals surface area contributed by atoms with Crippen LogP contribution in [0.4, 0.5) is 0 Å². The van der Waals surface area contributed by atoms with E-state index in [2.05, 4.69) is 10.3 Å². The van der Waals surface area contributed by atoms with Gasteiger partial charge in [-0.1, -0.05) is 6.07 Å². The van der Waals surface area contributed by atoms with E-state index in [1.54, 1.807) is 18.2 Å². The molecule has 3 amide bonds. The highest BCUT2D eigenvalue weighted by molar-refractivity contribution is 7.89. The van der Waals surface area contributed by atoms with Gasteiger partial charge in [0.2, 0.25) is 21.8 Å². The molecule has 2 aromatic rings. The van der Waals surface area contributed by atoms with Crippen LogP contribution in [0.15, 0.2) is 41.4 Å². The van der Waals surface area contributed by atoms with Gasteiger partial charge in [-0.25, -0.2) is 12.7 Å². The van der Waals surface area contributed by atoms with Crippen LogP contribution in [0.2, 0.25) is 0 Å². The average Bonchev–Trinajstić information content (AvgIpc) is 3.03. The summed E-state index contributed by atoms with van der Waals surface area (Å²) in [6.07, 6.45) is 1.92. The fourth-order valence-electron chi connectivity index (χ4n) is 3.67. The molecule has 10 heteroatoms. The Morgan fingerprint density at radius 2 is 1.90 bits per heavy atom. The number of rotatable bonds is 4. The van der Waals surface area contributed by atoms with Crippen molar-refractivity contribution in [2.75, 3.05) is 14.1 Å². The Balaban J connectivity index is 1.64. The highest BCUT2D eigenvalue weighted by Crippen LogP contribution is 2.31. The first kappa shape index (κ1) is 20.2. The lowest BCUT2D eigenvalue weighted by molar-refractivity contribution is -0.136. The normalized spacial score (nSPS) is 19.2. The van der Waals surface area contributed by atoms with Crippen molar-refractivity contribution >= 4 is 27.7 Å². The molecule has 1 N–H and O–H groups in total. The van der Waals surface area contributed by atoms with Crippen LogP contribution < -0.4 is 5.32 Å². The summed E-state index contributed by atoms with van der Waals surface area (Å²) in [6, 6.07) is 7.39. The maximum atomic E-state index is 12.8. The molecule has 2 aliphatic rings. The van der Waals surface area contributed by atoms with E-state index < -0.39 is 22.0 Å². The number of carbonyl (C=O) groups is 3. The van der Waals surface area contributed by atoms with E-state index in [-0.39, 0.29) is 29.7 Å². The molecule has 1 aromatic carbocycles. The maximum absolute atomic E-state index is 12.8. The summed E-state index contributed by atoms with van der Waals surface area (Å²) < 4.78 is 25.9. The fraction of sp³-hybridized carbons (Fsp3) is 0.300. The minimum Gasteiger partial charge on any atom is -0.322 e. The number of fused-ring (bicyclic) bond motifs is 1.